The van der Waals surface area contributed by atoms with Crippen molar-refractivity contribution < 1.29 is 28.9 Å². The van der Waals surface area contributed by atoms with Crippen molar-refractivity contribution in [2.75, 3.05) is 7.11 Å². The number of hydrogen-bond donors (Lipinski definition) is 1. The van der Waals surface area contributed by atoms with E-state index in [1.165, 1.54) is 13.2 Å². The molecule has 3 aromatic rings. The van der Waals surface area contributed by atoms with Crippen molar-refractivity contribution in [1.29, 1.82) is 0 Å². The standard InChI is InChI=1S/C28H23BrO6/c1-28(2)14-13-20-23(35-28)16-24(33-3)25(26(20)31)22(30)12-11-17-9-10-18(15-21(17)29)27(32)34-19-7-5-4-6-8-19/h4-16,31H,1-3H3/b12-11+. The number of ether oxygens (including phenoxy) is 3. The zero-order valence-electron chi connectivity index (χ0n) is 19.4. The second kappa shape index (κ2) is 9.80. The maximum atomic E-state index is 13.0. The fourth-order valence-corrected chi connectivity index (χ4v) is 4.09. The molecule has 7 heteroatoms. The van der Waals surface area contributed by atoms with E-state index in [0.717, 1.165) is 0 Å². The monoisotopic (exact) mass is 534 g/mol. The largest absolute Gasteiger partial charge is 0.506 e. The van der Waals surface area contributed by atoms with E-state index in [9.17, 15) is 14.7 Å². The Labute approximate surface area is 211 Å². The highest BCUT2D eigenvalue weighted by Gasteiger charge is 2.28. The first-order chi connectivity index (χ1) is 16.7. The number of hydrogen-bond acceptors (Lipinski definition) is 6. The fourth-order valence-electron chi connectivity index (χ4n) is 3.58. The highest BCUT2D eigenvalue weighted by atomic mass is 79.9. The van der Waals surface area contributed by atoms with E-state index in [4.69, 9.17) is 14.2 Å². The van der Waals surface area contributed by atoms with Crippen molar-refractivity contribution in [3.05, 3.63) is 93.5 Å². The minimum Gasteiger partial charge on any atom is -0.506 e. The minimum atomic E-state index is -0.540. The molecule has 0 radical (unpaired) electrons. The van der Waals surface area contributed by atoms with Gasteiger partial charge in [-0.2, -0.15) is 0 Å². The Kier molecular flexibility index (Phi) is 6.80. The summed E-state index contributed by atoms with van der Waals surface area (Å²) in [6.45, 7) is 3.78. The molecular formula is C28H23BrO6. The number of esters is 1. The predicted molar refractivity (Wildman–Crippen MR) is 137 cm³/mol. The zero-order chi connectivity index (χ0) is 25.2. The van der Waals surface area contributed by atoms with Gasteiger partial charge in [0.1, 0.15) is 34.2 Å². The van der Waals surface area contributed by atoms with Crippen LogP contribution < -0.4 is 14.2 Å². The van der Waals surface area contributed by atoms with Crippen LogP contribution in [-0.4, -0.2) is 29.6 Å². The summed E-state index contributed by atoms with van der Waals surface area (Å²) in [5, 5.41) is 10.8. The second-order valence-corrected chi connectivity index (χ2v) is 9.24. The van der Waals surface area contributed by atoms with Crippen LogP contribution in [0.1, 0.15) is 45.7 Å². The van der Waals surface area contributed by atoms with E-state index in [-0.39, 0.29) is 17.1 Å². The van der Waals surface area contributed by atoms with Gasteiger partial charge in [-0.1, -0.05) is 40.2 Å². The van der Waals surface area contributed by atoms with Crippen LogP contribution in [0.4, 0.5) is 0 Å². The number of allylic oxidation sites excluding steroid dienone is 1. The van der Waals surface area contributed by atoms with Crippen LogP contribution in [0, 0.1) is 0 Å². The molecule has 0 saturated carbocycles. The van der Waals surface area contributed by atoms with Gasteiger partial charge < -0.3 is 19.3 Å². The molecule has 1 aliphatic heterocycles. The van der Waals surface area contributed by atoms with Gasteiger partial charge in [0.05, 0.1) is 18.2 Å². The number of ketones is 1. The average molecular weight is 535 g/mol. The van der Waals surface area contributed by atoms with Crippen LogP contribution in [-0.2, 0) is 0 Å². The summed E-state index contributed by atoms with van der Waals surface area (Å²) in [6.07, 6.45) is 6.47. The number of halogens is 1. The van der Waals surface area contributed by atoms with E-state index in [1.807, 2.05) is 26.0 Å². The number of para-hydroxylation sites is 1. The molecule has 0 bridgehead atoms. The number of phenols is 1. The molecule has 0 spiro atoms. The van der Waals surface area contributed by atoms with Crippen molar-refractivity contribution in [3.63, 3.8) is 0 Å². The van der Waals surface area contributed by atoms with Gasteiger partial charge in [-0.15, -0.1) is 0 Å². The molecule has 1 aliphatic rings. The van der Waals surface area contributed by atoms with Gasteiger partial charge in [0, 0.05) is 10.5 Å². The molecule has 0 saturated heterocycles. The predicted octanol–water partition coefficient (Wildman–Crippen LogP) is 6.46. The quantitative estimate of drug-likeness (QED) is 0.169. The lowest BCUT2D eigenvalue weighted by molar-refractivity contribution is 0.0734. The molecule has 3 aromatic carbocycles. The van der Waals surface area contributed by atoms with Crippen LogP contribution in [0.2, 0.25) is 0 Å². The van der Waals surface area contributed by atoms with Gasteiger partial charge in [0.15, 0.2) is 5.78 Å². The van der Waals surface area contributed by atoms with Gasteiger partial charge in [0.25, 0.3) is 0 Å². The van der Waals surface area contributed by atoms with Crippen LogP contribution in [0.25, 0.3) is 12.2 Å². The first-order valence-corrected chi connectivity index (χ1v) is 11.6. The van der Waals surface area contributed by atoms with Gasteiger partial charge in [-0.05, 0) is 68.0 Å². The maximum Gasteiger partial charge on any atom is 0.343 e. The van der Waals surface area contributed by atoms with E-state index in [0.29, 0.717) is 32.7 Å². The summed E-state index contributed by atoms with van der Waals surface area (Å²) < 4.78 is 17.2. The maximum absolute atomic E-state index is 13.0. The van der Waals surface area contributed by atoms with Crippen LogP contribution in [0.3, 0.4) is 0 Å². The molecule has 0 atom stereocenters. The van der Waals surface area contributed by atoms with E-state index < -0.39 is 17.4 Å². The first kappa shape index (κ1) is 24.3. The molecule has 1 heterocycles. The van der Waals surface area contributed by atoms with Gasteiger partial charge >= 0.3 is 5.97 Å². The molecule has 4 rings (SSSR count). The fraction of sp³-hybridized carbons (Fsp3) is 0.143. The molecule has 178 valence electrons. The Bertz CT molecular complexity index is 1360. The summed E-state index contributed by atoms with van der Waals surface area (Å²) in [6, 6.07) is 15.3. The highest BCUT2D eigenvalue weighted by Crippen LogP contribution is 2.43. The average Bonchev–Trinajstić information content (AvgIpc) is 2.82. The van der Waals surface area contributed by atoms with E-state index in [2.05, 4.69) is 15.9 Å². The first-order valence-electron chi connectivity index (χ1n) is 10.8. The van der Waals surface area contributed by atoms with Crippen LogP contribution >= 0.6 is 15.9 Å². The summed E-state index contributed by atoms with van der Waals surface area (Å²) in [7, 11) is 1.43. The Hall–Kier alpha value is -3.84. The third kappa shape index (κ3) is 5.30. The lowest BCUT2D eigenvalue weighted by atomic mass is 9.97. The zero-order valence-corrected chi connectivity index (χ0v) is 21.0. The number of carbonyl (C=O) groups is 2. The molecule has 35 heavy (non-hydrogen) atoms. The lowest BCUT2D eigenvalue weighted by Gasteiger charge is -2.29. The molecule has 0 unspecified atom stereocenters. The molecule has 6 nitrogen and oxygen atoms in total. The number of fused-ring (bicyclic) bond motifs is 1. The van der Waals surface area contributed by atoms with Crippen LogP contribution in [0.5, 0.6) is 23.0 Å². The normalized spacial score (nSPS) is 13.7. The Morgan fingerprint density at radius 1 is 1.09 bits per heavy atom. The van der Waals surface area contributed by atoms with Gasteiger partial charge in [-0.25, -0.2) is 4.79 Å². The van der Waals surface area contributed by atoms with E-state index >= 15 is 0 Å². The summed E-state index contributed by atoms with van der Waals surface area (Å²) >= 11 is 3.44. The molecule has 0 aromatic heterocycles. The van der Waals surface area contributed by atoms with Crippen molar-refractivity contribution in [1.82, 2.24) is 0 Å². The van der Waals surface area contributed by atoms with Crippen molar-refractivity contribution in [2.24, 2.45) is 0 Å². The third-order valence-corrected chi connectivity index (χ3v) is 6.05. The van der Waals surface area contributed by atoms with Crippen molar-refractivity contribution in [2.45, 2.75) is 19.4 Å². The SMILES string of the molecule is COc1cc2c(c(O)c1C(=O)/C=C/c1ccc(C(=O)Oc3ccccc3)cc1Br)C=CC(C)(C)O2. The third-order valence-electron chi connectivity index (χ3n) is 5.36. The summed E-state index contributed by atoms with van der Waals surface area (Å²) in [4.78, 5) is 25.5. The molecule has 0 fully saturated rings. The number of rotatable bonds is 6. The number of carbonyl (C=O) groups excluding carboxylic acids is 2. The van der Waals surface area contributed by atoms with Gasteiger partial charge in [0.2, 0.25) is 0 Å². The van der Waals surface area contributed by atoms with Crippen LogP contribution in [0.15, 0.2) is 71.2 Å². The second-order valence-electron chi connectivity index (χ2n) is 8.39. The number of methoxy groups -OCH3 is 1. The Morgan fingerprint density at radius 2 is 1.83 bits per heavy atom. The molecule has 0 amide bonds. The van der Waals surface area contributed by atoms with E-state index in [1.54, 1.807) is 60.7 Å². The Morgan fingerprint density at radius 3 is 2.51 bits per heavy atom. The summed E-state index contributed by atoms with van der Waals surface area (Å²) in [5.41, 5.74) is 0.935. The summed E-state index contributed by atoms with van der Waals surface area (Å²) in [5.74, 6) is -0.0525. The van der Waals surface area contributed by atoms with Crippen molar-refractivity contribution >= 4 is 39.8 Å². The lowest BCUT2D eigenvalue weighted by Crippen LogP contribution is -2.27. The topological polar surface area (TPSA) is 82.1 Å². The number of aromatic hydroxyl groups is 1. The Balaban J connectivity index is 1.57. The molecular weight excluding hydrogens is 512 g/mol. The molecule has 1 N–H and O–H groups in total. The minimum absolute atomic E-state index is 0.0367. The highest BCUT2D eigenvalue weighted by molar-refractivity contribution is 9.10. The molecule has 0 aliphatic carbocycles. The number of phenolic OH excluding ortho intramolecular Hbond substituents is 1. The van der Waals surface area contributed by atoms with Gasteiger partial charge in [-0.3, -0.25) is 4.79 Å². The number of benzene rings is 3. The smallest absolute Gasteiger partial charge is 0.343 e. The van der Waals surface area contributed by atoms with Crippen molar-refractivity contribution in [3.8, 4) is 23.0 Å².